The lowest BCUT2D eigenvalue weighted by Crippen LogP contribution is -2.14. The van der Waals surface area contributed by atoms with E-state index in [0.29, 0.717) is 12.3 Å². The molecule has 0 spiro atoms. The molecule has 0 aliphatic heterocycles. The maximum absolute atomic E-state index is 13.8. The summed E-state index contributed by atoms with van der Waals surface area (Å²) in [6, 6.07) is 7.80. The number of aromatic nitrogens is 3. The van der Waals surface area contributed by atoms with E-state index in [1.165, 1.54) is 24.3 Å². The van der Waals surface area contributed by atoms with Gasteiger partial charge in [0.1, 0.15) is 11.6 Å². The van der Waals surface area contributed by atoms with Crippen molar-refractivity contribution in [3.63, 3.8) is 0 Å². The van der Waals surface area contributed by atoms with Gasteiger partial charge in [-0.25, -0.2) is 8.78 Å². The fourth-order valence-electron chi connectivity index (χ4n) is 2.26. The van der Waals surface area contributed by atoms with E-state index in [-0.39, 0.29) is 22.8 Å². The first kappa shape index (κ1) is 17.6. The number of nitrogens with one attached hydrogen (secondary N) is 1. The Balaban J connectivity index is 1.73. The van der Waals surface area contributed by atoms with E-state index in [2.05, 4.69) is 20.7 Å². The van der Waals surface area contributed by atoms with E-state index in [1.807, 2.05) is 19.0 Å². The lowest BCUT2D eigenvalue weighted by molar-refractivity contribution is 0.101. The van der Waals surface area contributed by atoms with Crippen molar-refractivity contribution in [1.29, 1.82) is 0 Å². The van der Waals surface area contributed by atoms with Crippen LogP contribution in [0.3, 0.4) is 0 Å². The van der Waals surface area contributed by atoms with Crippen LogP contribution in [0.25, 0.3) is 11.3 Å². The summed E-state index contributed by atoms with van der Waals surface area (Å²) in [6.45, 7) is 0.503. The van der Waals surface area contributed by atoms with Crippen LogP contribution in [0.15, 0.2) is 40.9 Å². The summed E-state index contributed by atoms with van der Waals surface area (Å²) in [4.78, 5) is 14.0. The van der Waals surface area contributed by atoms with Gasteiger partial charge in [0.15, 0.2) is 17.3 Å². The highest BCUT2D eigenvalue weighted by molar-refractivity contribution is 6.02. The average molecular weight is 359 g/mol. The summed E-state index contributed by atoms with van der Waals surface area (Å²) in [5.41, 5.74) is -0.163. The molecule has 9 heteroatoms. The predicted molar refractivity (Wildman–Crippen MR) is 89.2 cm³/mol. The quantitative estimate of drug-likeness (QED) is 0.754. The van der Waals surface area contributed by atoms with Crippen LogP contribution in [0.1, 0.15) is 16.2 Å². The van der Waals surface area contributed by atoms with Gasteiger partial charge in [0.05, 0.1) is 17.8 Å². The van der Waals surface area contributed by atoms with E-state index in [4.69, 9.17) is 4.52 Å². The molecule has 3 rings (SSSR count). The molecule has 0 aliphatic carbocycles. The van der Waals surface area contributed by atoms with E-state index in [0.717, 1.165) is 12.1 Å². The fraction of sp³-hybridized carbons (Fsp3) is 0.176. The van der Waals surface area contributed by atoms with Crippen LogP contribution in [0.5, 0.6) is 0 Å². The number of hydrogen-bond acceptors (Lipinski definition) is 6. The van der Waals surface area contributed by atoms with E-state index < -0.39 is 17.5 Å². The van der Waals surface area contributed by atoms with Crippen molar-refractivity contribution in [2.75, 3.05) is 19.4 Å². The number of anilines is 1. The second-order valence-corrected chi connectivity index (χ2v) is 5.77. The van der Waals surface area contributed by atoms with Crippen molar-refractivity contribution < 1.29 is 18.1 Å². The van der Waals surface area contributed by atoms with Gasteiger partial charge >= 0.3 is 0 Å². The third kappa shape index (κ3) is 3.89. The molecule has 0 bridgehead atoms. The third-order valence-electron chi connectivity index (χ3n) is 3.39. The molecule has 2 heterocycles. The van der Waals surface area contributed by atoms with Crippen molar-refractivity contribution in [2.24, 2.45) is 0 Å². The lowest BCUT2D eigenvalue weighted by atomic mass is 10.1. The van der Waals surface area contributed by atoms with Gasteiger partial charge in [-0.1, -0.05) is 11.2 Å². The van der Waals surface area contributed by atoms with Crippen LogP contribution < -0.4 is 5.32 Å². The molecule has 0 radical (unpaired) electrons. The number of benzene rings is 1. The van der Waals surface area contributed by atoms with Gasteiger partial charge in [-0.3, -0.25) is 4.79 Å². The minimum absolute atomic E-state index is 0.0216. The summed E-state index contributed by atoms with van der Waals surface area (Å²) in [5, 5.41) is 13.7. The average Bonchev–Trinajstić information content (AvgIpc) is 3.04. The number of amides is 1. The standard InChI is InChI=1S/C17H15F2N5O2/c1-24(2)9-10-8-14(23-26-10)17(25)20-15-7-6-13(21-22-15)16-11(18)4-3-5-12(16)19/h3-8H,9H2,1-2H3,(H,20,22,25). The summed E-state index contributed by atoms with van der Waals surface area (Å²) in [6.07, 6.45) is 0. The number of nitrogens with zero attached hydrogens (tertiary/aromatic N) is 4. The molecule has 134 valence electrons. The maximum Gasteiger partial charge on any atom is 0.279 e. The largest absolute Gasteiger partial charge is 0.359 e. The smallest absolute Gasteiger partial charge is 0.279 e. The van der Waals surface area contributed by atoms with Gasteiger partial charge in [0.2, 0.25) is 0 Å². The van der Waals surface area contributed by atoms with Gasteiger partial charge in [-0.2, -0.15) is 0 Å². The Kier molecular flexibility index (Phi) is 4.99. The van der Waals surface area contributed by atoms with E-state index >= 15 is 0 Å². The summed E-state index contributed by atoms with van der Waals surface area (Å²) in [7, 11) is 3.72. The van der Waals surface area contributed by atoms with E-state index in [1.54, 1.807) is 0 Å². The molecule has 2 aromatic heterocycles. The van der Waals surface area contributed by atoms with Crippen LogP contribution in [0, 0.1) is 11.6 Å². The summed E-state index contributed by atoms with van der Waals surface area (Å²) >= 11 is 0. The van der Waals surface area contributed by atoms with Crippen molar-refractivity contribution in [2.45, 2.75) is 6.54 Å². The molecule has 0 unspecified atom stereocenters. The molecule has 0 saturated carbocycles. The fourth-order valence-corrected chi connectivity index (χ4v) is 2.26. The van der Waals surface area contributed by atoms with Gasteiger partial charge in [-0.05, 0) is 38.4 Å². The highest BCUT2D eigenvalue weighted by Crippen LogP contribution is 2.24. The predicted octanol–water partition coefficient (Wildman–Crippen LogP) is 2.72. The van der Waals surface area contributed by atoms with Crippen LogP contribution >= 0.6 is 0 Å². The first-order valence-electron chi connectivity index (χ1n) is 7.64. The highest BCUT2D eigenvalue weighted by Gasteiger charge is 2.16. The zero-order valence-corrected chi connectivity index (χ0v) is 14.0. The summed E-state index contributed by atoms with van der Waals surface area (Å²) in [5.74, 6) is -1.36. The Hall–Kier alpha value is -3.20. The Labute approximate surface area is 147 Å². The summed E-state index contributed by atoms with van der Waals surface area (Å²) < 4.78 is 32.6. The first-order chi connectivity index (χ1) is 12.4. The maximum atomic E-state index is 13.8. The van der Waals surface area contributed by atoms with Crippen LogP contribution in [0.4, 0.5) is 14.6 Å². The minimum Gasteiger partial charge on any atom is -0.359 e. The molecular weight excluding hydrogens is 344 g/mol. The molecule has 26 heavy (non-hydrogen) atoms. The SMILES string of the molecule is CN(C)Cc1cc(C(=O)Nc2ccc(-c3c(F)cccc3F)nn2)no1. The number of halogens is 2. The Morgan fingerprint density at radius 2 is 1.88 bits per heavy atom. The van der Waals surface area contributed by atoms with Gasteiger partial charge in [0, 0.05) is 6.07 Å². The molecule has 0 saturated heterocycles. The lowest BCUT2D eigenvalue weighted by Gasteiger charge is -2.05. The zero-order valence-electron chi connectivity index (χ0n) is 14.0. The van der Waals surface area contributed by atoms with Crippen LogP contribution in [0.2, 0.25) is 0 Å². The van der Waals surface area contributed by atoms with Crippen molar-refractivity contribution in [3.05, 3.63) is 59.5 Å². The van der Waals surface area contributed by atoms with E-state index in [9.17, 15) is 13.6 Å². The number of carbonyl (C=O) groups excluding carboxylic acids is 1. The van der Waals surface area contributed by atoms with Gasteiger partial charge < -0.3 is 14.7 Å². The van der Waals surface area contributed by atoms with Gasteiger partial charge in [0.25, 0.3) is 5.91 Å². The molecule has 0 atom stereocenters. The molecule has 1 N–H and O–H groups in total. The Morgan fingerprint density at radius 1 is 1.15 bits per heavy atom. The second-order valence-electron chi connectivity index (χ2n) is 5.77. The molecule has 3 aromatic rings. The molecule has 0 fully saturated rings. The highest BCUT2D eigenvalue weighted by atomic mass is 19.1. The number of rotatable bonds is 5. The zero-order chi connectivity index (χ0) is 18.7. The molecule has 7 nitrogen and oxygen atoms in total. The van der Waals surface area contributed by atoms with Gasteiger partial charge in [-0.15, -0.1) is 10.2 Å². The minimum atomic E-state index is -0.743. The Morgan fingerprint density at radius 3 is 2.50 bits per heavy atom. The van der Waals surface area contributed by atoms with Crippen molar-refractivity contribution in [1.82, 2.24) is 20.3 Å². The third-order valence-corrected chi connectivity index (χ3v) is 3.39. The van der Waals surface area contributed by atoms with Crippen LogP contribution in [-0.4, -0.2) is 40.3 Å². The van der Waals surface area contributed by atoms with Crippen molar-refractivity contribution in [3.8, 4) is 11.3 Å². The van der Waals surface area contributed by atoms with Crippen LogP contribution in [-0.2, 0) is 6.54 Å². The molecular formula is C17H15F2N5O2. The Bertz CT molecular complexity index is 905. The monoisotopic (exact) mass is 359 g/mol. The number of hydrogen-bond donors (Lipinski definition) is 1. The van der Waals surface area contributed by atoms with Crippen molar-refractivity contribution >= 4 is 11.7 Å². The topological polar surface area (TPSA) is 84.2 Å². The first-order valence-corrected chi connectivity index (χ1v) is 7.64. The second kappa shape index (κ2) is 7.36. The normalized spacial score (nSPS) is 11.0. The molecule has 1 aromatic carbocycles. The number of carbonyl (C=O) groups is 1. The molecule has 1 amide bonds. The molecule has 0 aliphatic rings.